The van der Waals surface area contributed by atoms with Gasteiger partial charge in [0.25, 0.3) is 0 Å². The van der Waals surface area contributed by atoms with Crippen LogP contribution in [0, 0.1) is 11.6 Å². The lowest BCUT2D eigenvalue weighted by Crippen LogP contribution is -2.40. The predicted octanol–water partition coefficient (Wildman–Crippen LogP) is 1.77. The number of halogens is 2. The molecule has 102 valence electrons. The molecular weight excluding hydrogens is 258 g/mol. The summed E-state index contributed by atoms with van der Waals surface area (Å²) in [6, 6.07) is 3.42. The van der Waals surface area contributed by atoms with Crippen LogP contribution in [0.5, 0.6) is 0 Å². The van der Waals surface area contributed by atoms with Crippen LogP contribution < -0.4 is 0 Å². The molecule has 0 aliphatic carbocycles. The lowest BCUT2D eigenvalue weighted by atomic mass is 10.2. The highest BCUT2D eigenvalue weighted by Gasteiger charge is 2.18. The van der Waals surface area contributed by atoms with E-state index in [1.54, 1.807) is 0 Å². The Morgan fingerprint density at radius 3 is 2.58 bits per heavy atom. The summed E-state index contributed by atoms with van der Waals surface area (Å²) >= 11 is 0. The van der Waals surface area contributed by atoms with Crippen molar-refractivity contribution in [3.63, 3.8) is 0 Å². The second kappa shape index (κ2) is 6.24. The number of rotatable bonds is 2. The van der Waals surface area contributed by atoms with Gasteiger partial charge in [-0.2, -0.15) is 0 Å². The molecule has 1 aromatic carbocycles. The summed E-state index contributed by atoms with van der Waals surface area (Å²) in [4.78, 5) is 17.5. The van der Waals surface area contributed by atoms with Crippen LogP contribution >= 0.6 is 0 Å². The molecule has 0 unspecified atom stereocenters. The van der Waals surface area contributed by atoms with Gasteiger partial charge in [0.1, 0.15) is 11.6 Å². The molecule has 0 N–H and O–H groups in total. The van der Waals surface area contributed by atoms with Crippen LogP contribution in [0.25, 0.3) is 0 Å². The molecule has 0 aromatic heterocycles. The molecule has 0 spiro atoms. The molecule has 1 heterocycles. The van der Waals surface area contributed by atoms with Gasteiger partial charge >= 0.3 is 6.09 Å². The molecule has 1 amide bonds. The van der Waals surface area contributed by atoms with E-state index in [9.17, 15) is 13.6 Å². The number of benzene rings is 1. The van der Waals surface area contributed by atoms with E-state index in [0.717, 1.165) is 18.3 Å². The zero-order chi connectivity index (χ0) is 13.7. The van der Waals surface area contributed by atoms with Gasteiger partial charge in [0.05, 0.1) is 25.0 Å². The van der Waals surface area contributed by atoms with Gasteiger partial charge in [-0.15, -0.1) is 0 Å². The van der Waals surface area contributed by atoms with E-state index in [-0.39, 0.29) is 5.56 Å². The average molecular weight is 270 g/mol. The minimum Gasteiger partial charge on any atom is -0.378 e. The van der Waals surface area contributed by atoms with Crippen LogP contribution in [-0.2, 0) is 9.57 Å². The minimum atomic E-state index is -0.772. The molecule has 0 radical (unpaired) electrons. The molecule has 1 aromatic rings. The van der Waals surface area contributed by atoms with Gasteiger partial charge in [0.15, 0.2) is 0 Å². The second-order valence-electron chi connectivity index (χ2n) is 3.83. The summed E-state index contributed by atoms with van der Waals surface area (Å²) < 4.78 is 31.5. The highest BCUT2D eigenvalue weighted by atomic mass is 19.1. The summed E-state index contributed by atoms with van der Waals surface area (Å²) in [6.45, 7) is 1.67. The van der Waals surface area contributed by atoms with Crippen molar-refractivity contribution in [2.45, 2.75) is 0 Å². The van der Waals surface area contributed by atoms with Gasteiger partial charge in [-0.05, 0) is 12.1 Å². The molecule has 19 heavy (non-hydrogen) atoms. The van der Waals surface area contributed by atoms with Crippen molar-refractivity contribution in [3.05, 3.63) is 35.4 Å². The first-order chi connectivity index (χ1) is 9.18. The molecule has 1 fully saturated rings. The first-order valence-corrected chi connectivity index (χ1v) is 5.69. The number of ether oxygens (including phenoxy) is 1. The fourth-order valence-corrected chi connectivity index (χ4v) is 1.56. The second-order valence-corrected chi connectivity index (χ2v) is 3.83. The van der Waals surface area contributed by atoms with Crippen molar-refractivity contribution in [2.75, 3.05) is 26.3 Å². The smallest absolute Gasteiger partial charge is 0.378 e. The van der Waals surface area contributed by atoms with E-state index in [2.05, 4.69) is 9.99 Å². The van der Waals surface area contributed by atoms with Crippen molar-refractivity contribution in [1.29, 1.82) is 0 Å². The van der Waals surface area contributed by atoms with E-state index in [0.29, 0.717) is 26.3 Å². The normalized spacial score (nSPS) is 15.8. The molecule has 0 bridgehead atoms. The highest BCUT2D eigenvalue weighted by Crippen LogP contribution is 2.09. The number of morpholine rings is 1. The molecular formula is C12H12F2N2O3. The Bertz CT molecular complexity index is 468. The molecule has 2 rings (SSSR count). The standard InChI is InChI=1S/C12H12F2N2O3/c13-10-2-1-3-11(14)9(10)8-15-19-12(17)16-4-6-18-7-5-16/h1-3,8H,4-7H2. The number of hydrogen-bond acceptors (Lipinski definition) is 4. The number of nitrogens with zero attached hydrogens (tertiary/aromatic N) is 2. The molecule has 0 atom stereocenters. The zero-order valence-corrected chi connectivity index (χ0v) is 10.0. The quantitative estimate of drug-likeness (QED) is 0.467. The van der Waals surface area contributed by atoms with E-state index in [1.807, 2.05) is 0 Å². The minimum absolute atomic E-state index is 0.350. The summed E-state index contributed by atoms with van der Waals surface area (Å²) in [5.74, 6) is -1.54. The van der Waals surface area contributed by atoms with Crippen LogP contribution in [0.1, 0.15) is 5.56 Å². The first kappa shape index (κ1) is 13.4. The van der Waals surface area contributed by atoms with Gasteiger partial charge in [-0.1, -0.05) is 11.2 Å². The maximum absolute atomic E-state index is 13.2. The van der Waals surface area contributed by atoms with Crippen molar-refractivity contribution < 1.29 is 23.1 Å². The Kier molecular flexibility index (Phi) is 4.40. The van der Waals surface area contributed by atoms with Crippen LogP contribution in [-0.4, -0.2) is 43.5 Å². The number of carbonyl (C=O) groups is 1. The summed E-state index contributed by atoms with van der Waals surface area (Å²) in [6.07, 6.45) is 0.166. The van der Waals surface area contributed by atoms with Crippen LogP contribution in [0.4, 0.5) is 13.6 Å². The van der Waals surface area contributed by atoms with E-state index < -0.39 is 17.7 Å². The predicted molar refractivity (Wildman–Crippen MR) is 62.8 cm³/mol. The SMILES string of the molecule is O=C(ON=Cc1c(F)cccc1F)N1CCOCC1. The largest absolute Gasteiger partial charge is 0.436 e. The van der Waals surface area contributed by atoms with Crippen LogP contribution in [0.3, 0.4) is 0 Å². The number of hydrogen-bond donors (Lipinski definition) is 0. The fourth-order valence-electron chi connectivity index (χ4n) is 1.56. The lowest BCUT2D eigenvalue weighted by molar-refractivity contribution is 0.0281. The van der Waals surface area contributed by atoms with Crippen LogP contribution in [0.2, 0.25) is 0 Å². The van der Waals surface area contributed by atoms with Gasteiger partial charge in [0, 0.05) is 13.1 Å². The van der Waals surface area contributed by atoms with Crippen molar-refractivity contribution >= 4 is 12.3 Å². The van der Waals surface area contributed by atoms with Gasteiger partial charge in [-0.25, -0.2) is 13.6 Å². The van der Waals surface area contributed by atoms with Crippen molar-refractivity contribution in [1.82, 2.24) is 4.90 Å². The van der Waals surface area contributed by atoms with E-state index in [1.165, 1.54) is 11.0 Å². The zero-order valence-electron chi connectivity index (χ0n) is 10.0. The monoisotopic (exact) mass is 270 g/mol. The Labute approximate surface area is 108 Å². The highest BCUT2D eigenvalue weighted by molar-refractivity contribution is 5.80. The Hall–Kier alpha value is -2.02. The lowest BCUT2D eigenvalue weighted by Gasteiger charge is -2.24. The molecule has 1 saturated heterocycles. The molecule has 1 aliphatic heterocycles. The maximum Gasteiger partial charge on any atom is 0.436 e. The third-order valence-electron chi connectivity index (χ3n) is 2.58. The van der Waals surface area contributed by atoms with Crippen molar-refractivity contribution in [3.8, 4) is 0 Å². The third kappa shape index (κ3) is 3.47. The molecule has 7 heteroatoms. The maximum atomic E-state index is 13.2. The average Bonchev–Trinajstić information content (AvgIpc) is 2.43. The molecule has 1 aliphatic rings. The Balaban J connectivity index is 1.94. The van der Waals surface area contributed by atoms with Gasteiger partial charge in [0.2, 0.25) is 0 Å². The first-order valence-electron chi connectivity index (χ1n) is 5.69. The topological polar surface area (TPSA) is 51.1 Å². The Morgan fingerprint density at radius 2 is 1.95 bits per heavy atom. The third-order valence-corrected chi connectivity index (χ3v) is 2.58. The van der Waals surface area contributed by atoms with E-state index >= 15 is 0 Å². The van der Waals surface area contributed by atoms with Gasteiger partial charge < -0.3 is 9.64 Å². The Morgan fingerprint density at radius 1 is 1.32 bits per heavy atom. The van der Waals surface area contributed by atoms with E-state index in [4.69, 9.17) is 4.74 Å². The van der Waals surface area contributed by atoms with Crippen LogP contribution in [0.15, 0.2) is 23.4 Å². The summed E-state index contributed by atoms with van der Waals surface area (Å²) in [5, 5.41) is 3.30. The fraction of sp³-hybridized carbons (Fsp3) is 0.333. The van der Waals surface area contributed by atoms with Gasteiger partial charge in [-0.3, -0.25) is 4.84 Å². The molecule has 5 nitrogen and oxygen atoms in total. The summed E-state index contributed by atoms with van der Waals surface area (Å²) in [7, 11) is 0. The number of oxime groups is 1. The number of amides is 1. The van der Waals surface area contributed by atoms with Crippen molar-refractivity contribution in [2.24, 2.45) is 5.16 Å². The number of carbonyl (C=O) groups excluding carboxylic acids is 1. The summed E-state index contributed by atoms with van der Waals surface area (Å²) in [5.41, 5.74) is -0.350. The molecule has 0 saturated carbocycles.